The predicted molar refractivity (Wildman–Crippen MR) is 65.5 cm³/mol. The molecule has 0 heterocycles. The third kappa shape index (κ3) is 1.84. The van der Waals surface area contributed by atoms with Crippen molar-refractivity contribution in [1.82, 2.24) is 5.32 Å². The van der Waals surface area contributed by atoms with Crippen LogP contribution in [0.3, 0.4) is 0 Å². The van der Waals surface area contributed by atoms with E-state index in [0.717, 1.165) is 6.42 Å². The molecule has 0 aromatic heterocycles. The minimum absolute atomic E-state index is 0.137. The number of fused-ring (bicyclic) bond motifs is 1. The van der Waals surface area contributed by atoms with E-state index in [4.69, 9.17) is 0 Å². The molecule has 0 spiro atoms. The maximum Gasteiger partial charge on any atom is 0.220 e. The maximum atomic E-state index is 11.5. The lowest BCUT2D eigenvalue weighted by molar-refractivity contribution is -0.121. The lowest BCUT2D eigenvalue weighted by Gasteiger charge is -2.19. The van der Waals surface area contributed by atoms with E-state index in [0.29, 0.717) is 12.3 Å². The molecule has 2 rings (SSSR count). The zero-order valence-corrected chi connectivity index (χ0v) is 10.2. The van der Waals surface area contributed by atoms with Crippen molar-refractivity contribution in [3.63, 3.8) is 0 Å². The summed E-state index contributed by atoms with van der Waals surface area (Å²) in [7, 11) is 1.70. The fourth-order valence-electron chi connectivity index (χ4n) is 2.81. The van der Waals surface area contributed by atoms with Crippen LogP contribution in [0.25, 0.3) is 0 Å². The minimum Gasteiger partial charge on any atom is -0.359 e. The van der Waals surface area contributed by atoms with E-state index in [1.165, 1.54) is 11.1 Å². The molecule has 0 radical (unpaired) electrons. The Hall–Kier alpha value is -1.31. The molecule has 2 heteroatoms. The molecule has 0 saturated carbocycles. The molecule has 1 amide bonds. The summed E-state index contributed by atoms with van der Waals surface area (Å²) in [6.45, 7) is 4.52. The molecular formula is C14H19NO. The summed E-state index contributed by atoms with van der Waals surface area (Å²) >= 11 is 0. The highest BCUT2D eigenvalue weighted by atomic mass is 16.1. The van der Waals surface area contributed by atoms with E-state index >= 15 is 0 Å². The van der Waals surface area contributed by atoms with Gasteiger partial charge in [0.2, 0.25) is 5.91 Å². The molecule has 2 nitrogen and oxygen atoms in total. The van der Waals surface area contributed by atoms with Gasteiger partial charge in [-0.1, -0.05) is 38.1 Å². The lowest BCUT2D eigenvalue weighted by atomic mass is 9.86. The SMILES string of the molecule is CNC(=O)CC1CC(C)(C)c2ccccc21. The third-order valence-electron chi connectivity index (χ3n) is 3.60. The molecule has 1 atom stereocenters. The van der Waals surface area contributed by atoms with Crippen LogP contribution in [0.4, 0.5) is 0 Å². The van der Waals surface area contributed by atoms with Crippen molar-refractivity contribution in [1.29, 1.82) is 0 Å². The average Bonchev–Trinajstić information content (AvgIpc) is 2.51. The number of amides is 1. The summed E-state index contributed by atoms with van der Waals surface area (Å²) in [5.74, 6) is 0.517. The molecule has 1 unspecified atom stereocenters. The van der Waals surface area contributed by atoms with Crippen LogP contribution in [0.2, 0.25) is 0 Å². The predicted octanol–water partition coefficient (Wildman–Crippen LogP) is 2.59. The fourth-order valence-corrected chi connectivity index (χ4v) is 2.81. The first-order valence-electron chi connectivity index (χ1n) is 5.84. The van der Waals surface area contributed by atoms with Gasteiger partial charge in [0.15, 0.2) is 0 Å². The van der Waals surface area contributed by atoms with E-state index in [9.17, 15) is 4.79 Å². The Balaban J connectivity index is 2.30. The van der Waals surface area contributed by atoms with Gasteiger partial charge in [0.1, 0.15) is 0 Å². The summed E-state index contributed by atoms with van der Waals surface area (Å²) in [4.78, 5) is 11.5. The molecule has 0 fully saturated rings. The minimum atomic E-state index is 0.137. The smallest absolute Gasteiger partial charge is 0.220 e. The number of nitrogens with one attached hydrogen (secondary N) is 1. The number of hydrogen-bond acceptors (Lipinski definition) is 1. The fraction of sp³-hybridized carbons (Fsp3) is 0.500. The molecule has 1 aromatic rings. The zero-order chi connectivity index (χ0) is 11.8. The first kappa shape index (κ1) is 11.2. The Labute approximate surface area is 97.1 Å². The van der Waals surface area contributed by atoms with Gasteiger partial charge < -0.3 is 5.32 Å². The number of carbonyl (C=O) groups excluding carboxylic acids is 1. The van der Waals surface area contributed by atoms with Gasteiger partial charge in [0.05, 0.1) is 0 Å². The standard InChI is InChI=1S/C14H19NO/c1-14(2)9-10(8-13(16)15-3)11-6-4-5-7-12(11)14/h4-7,10H,8-9H2,1-3H3,(H,15,16). The summed E-state index contributed by atoms with van der Waals surface area (Å²) < 4.78 is 0. The van der Waals surface area contributed by atoms with Gasteiger partial charge in [0.25, 0.3) is 0 Å². The highest BCUT2D eigenvalue weighted by Crippen LogP contribution is 2.46. The first-order valence-corrected chi connectivity index (χ1v) is 5.84. The number of carbonyl (C=O) groups is 1. The van der Waals surface area contributed by atoms with Crippen LogP contribution in [0, 0.1) is 0 Å². The normalized spacial score (nSPS) is 21.6. The van der Waals surface area contributed by atoms with Crippen LogP contribution < -0.4 is 5.32 Å². The summed E-state index contributed by atoms with van der Waals surface area (Å²) in [5.41, 5.74) is 2.97. The van der Waals surface area contributed by atoms with Gasteiger partial charge in [-0.2, -0.15) is 0 Å². The van der Waals surface area contributed by atoms with Crippen LogP contribution in [0.15, 0.2) is 24.3 Å². The van der Waals surface area contributed by atoms with Gasteiger partial charge in [0, 0.05) is 13.5 Å². The molecule has 1 aliphatic carbocycles. The van der Waals surface area contributed by atoms with Crippen LogP contribution in [-0.2, 0) is 10.2 Å². The Morgan fingerprint density at radius 1 is 1.44 bits per heavy atom. The third-order valence-corrected chi connectivity index (χ3v) is 3.60. The first-order chi connectivity index (χ1) is 7.54. The Morgan fingerprint density at radius 2 is 2.12 bits per heavy atom. The molecule has 1 aliphatic rings. The average molecular weight is 217 g/mol. The number of hydrogen-bond donors (Lipinski definition) is 1. The van der Waals surface area contributed by atoms with Crippen molar-refractivity contribution in [2.75, 3.05) is 7.05 Å². The second kappa shape index (κ2) is 3.93. The second-order valence-electron chi connectivity index (χ2n) is 5.25. The van der Waals surface area contributed by atoms with Gasteiger partial charge in [-0.3, -0.25) is 4.79 Å². The second-order valence-corrected chi connectivity index (χ2v) is 5.25. The highest BCUT2D eigenvalue weighted by molar-refractivity contribution is 5.76. The summed E-state index contributed by atoms with van der Waals surface area (Å²) in [5, 5.41) is 2.71. The van der Waals surface area contributed by atoms with Gasteiger partial charge >= 0.3 is 0 Å². The number of rotatable bonds is 2. The maximum absolute atomic E-state index is 11.5. The largest absolute Gasteiger partial charge is 0.359 e. The van der Waals surface area contributed by atoms with E-state index in [1.54, 1.807) is 7.05 Å². The van der Waals surface area contributed by atoms with Crippen molar-refractivity contribution >= 4 is 5.91 Å². The van der Waals surface area contributed by atoms with Crippen LogP contribution in [-0.4, -0.2) is 13.0 Å². The van der Waals surface area contributed by atoms with E-state index < -0.39 is 0 Å². The summed E-state index contributed by atoms with van der Waals surface area (Å²) in [6.07, 6.45) is 1.68. The number of benzene rings is 1. The van der Waals surface area contributed by atoms with Gasteiger partial charge in [-0.05, 0) is 28.9 Å². The molecule has 1 N–H and O–H groups in total. The molecule has 86 valence electrons. The van der Waals surface area contributed by atoms with Crippen molar-refractivity contribution in [2.24, 2.45) is 0 Å². The van der Waals surface area contributed by atoms with Crippen LogP contribution >= 0.6 is 0 Å². The van der Waals surface area contributed by atoms with Crippen LogP contribution in [0.1, 0.15) is 43.7 Å². The van der Waals surface area contributed by atoms with E-state index in [2.05, 4.69) is 43.4 Å². The Bertz CT molecular complexity index is 409. The van der Waals surface area contributed by atoms with Crippen molar-refractivity contribution in [3.05, 3.63) is 35.4 Å². The monoisotopic (exact) mass is 217 g/mol. The quantitative estimate of drug-likeness (QED) is 0.810. The lowest BCUT2D eigenvalue weighted by Crippen LogP contribution is -2.20. The molecule has 16 heavy (non-hydrogen) atoms. The van der Waals surface area contributed by atoms with Crippen molar-refractivity contribution in [2.45, 2.75) is 38.0 Å². The molecule has 0 bridgehead atoms. The van der Waals surface area contributed by atoms with Gasteiger partial charge in [-0.15, -0.1) is 0 Å². The van der Waals surface area contributed by atoms with Crippen molar-refractivity contribution in [3.8, 4) is 0 Å². The Morgan fingerprint density at radius 3 is 2.81 bits per heavy atom. The van der Waals surface area contributed by atoms with E-state index in [-0.39, 0.29) is 11.3 Å². The molecule has 1 aromatic carbocycles. The highest BCUT2D eigenvalue weighted by Gasteiger charge is 2.36. The summed E-state index contributed by atoms with van der Waals surface area (Å²) in [6, 6.07) is 8.51. The zero-order valence-electron chi connectivity index (χ0n) is 10.2. The van der Waals surface area contributed by atoms with E-state index in [1.807, 2.05) is 0 Å². The molecular weight excluding hydrogens is 198 g/mol. The topological polar surface area (TPSA) is 29.1 Å². The molecule has 0 saturated heterocycles. The van der Waals surface area contributed by atoms with Crippen molar-refractivity contribution < 1.29 is 4.79 Å². The van der Waals surface area contributed by atoms with Crippen LogP contribution in [0.5, 0.6) is 0 Å². The molecule has 0 aliphatic heterocycles. The Kier molecular flexibility index (Phi) is 2.75. The van der Waals surface area contributed by atoms with Gasteiger partial charge in [-0.25, -0.2) is 0 Å².